The monoisotopic (exact) mass is 223 g/mol. The van der Waals surface area contributed by atoms with E-state index in [0.29, 0.717) is 17.2 Å². The molecule has 0 atom stereocenters. The zero-order valence-corrected chi connectivity index (χ0v) is 8.72. The Morgan fingerprint density at radius 3 is 2.75 bits per heavy atom. The lowest BCUT2D eigenvalue weighted by molar-refractivity contribution is 0.585. The van der Waals surface area contributed by atoms with Crippen LogP contribution < -0.4 is 5.73 Å². The number of nitrogens with zero attached hydrogens (tertiary/aromatic N) is 1. The first-order valence-electron chi connectivity index (χ1n) is 4.83. The molecule has 0 saturated carbocycles. The van der Waals surface area contributed by atoms with E-state index in [2.05, 4.69) is 9.97 Å². The van der Waals surface area contributed by atoms with Crippen molar-refractivity contribution < 1.29 is 8.78 Å². The van der Waals surface area contributed by atoms with Gasteiger partial charge in [0.1, 0.15) is 17.5 Å². The number of hydrogen-bond donors (Lipinski definition) is 2. The molecule has 0 radical (unpaired) electrons. The summed E-state index contributed by atoms with van der Waals surface area (Å²) in [5.74, 6) is -0.594. The zero-order chi connectivity index (χ0) is 11.7. The molecular weight excluding hydrogens is 212 g/mol. The van der Waals surface area contributed by atoms with Gasteiger partial charge in [0.25, 0.3) is 0 Å². The lowest BCUT2D eigenvalue weighted by Gasteiger charge is -2.02. The SMILES string of the molecule is Cc1nc(-c2ccc(F)cc2F)c(CN)[nH]1. The highest BCUT2D eigenvalue weighted by Crippen LogP contribution is 2.24. The molecule has 0 aliphatic rings. The highest BCUT2D eigenvalue weighted by Gasteiger charge is 2.13. The van der Waals surface area contributed by atoms with E-state index in [4.69, 9.17) is 5.73 Å². The molecule has 0 amide bonds. The third kappa shape index (κ3) is 1.81. The van der Waals surface area contributed by atoms with Gasteiger partial charge in [0.05, 0.1) is 11.4 Å². The predicted octanol–water partition coefficient (Wildman–Crippen LogP) is 2.12. The zero-order valence-electron chi connectivity index (χ0n) is 8.72. The summed E-state index contributed by atoms with van der Waals surface area (Å²) in [6.45, 7) is 1.98. The number of nitrogens with one attached hydrogen (secondary N) is 1. The van der Waals surface area contributed by atoms with Crippen LogP contribution in [0.15, 0.2) is 18.2 Å². The fourth-order valence-corrected chi connectivity index (χ4v) is 1.59. The van der Waals surface area contributed by atoms with Crippen LogP contribution in [0.1, 0.15) is 11.5 Å². The van der Waals surface area contributed by atoms with Crippen LogP contribution in [0.5, 0.6) is 0 Å². The number of aromatic nitrogens is 2. The van der Waals surface area contributed by atoms with Crippen LogP contribution >= 0.6 is 0 Å². The average Bonchev–Trinajstić information content (AvgIpc) is 2.59. The second kappa shape index (κ2) is 4.02. The molecule has 2 aromatic rings. The molecular formula is C11H11F2N3. The Balaban J connectivity index is 2.57. The van der Waals surface area contributed by atoms with Gasteiger partial charge in [-0.25, -0.2) is 13.8 Å². The smallest absolute Gasteiger partial charge is 0.135 e. The number of rotatable bonds is 2. The summed E-state index contributed by atoms with van der Waals surface area (Å²) in [5.41, 5.74) is 6.85. The molecule has 0 aliphatic carbocycles. The van der Waals surface area contributed by atoms with Crippen molar-refractivity contribution in [1.82, 2.24) is 9.97 Å². The van der Waals surface area contributed by atoms with E-state index in [1.54, 1.807) is 6.92 Å². The Morgan fingerprint density at radius 2 is 2.12 bits per heavy atom. The van der Waals surface area contributed by atoms with Crippen LogP contribution in [0.2, 0.25) is 0 Å². The predicted molar refractivity (Wildman–Crippen MR) is 56.6 cm³/mol. The van der Waals surface area contributed by atoms with Crippen molar-refractivity contribution in [3.05, 3.63) is 41.4 Å². The van der Waals surface area contributed by atoms with Crippen LogP contribution in [0.4, 0.5) is 8.78 Å². The average molecular weight is 223 g/mol. The lowest BCUT2D eigenvalue weighted by atomic mass is 10.1. The molecule has 16 heavy (non-hydrogen) atoms. The normalized spacial score (nSPS) is 10.8. The van der Waals surface area contributed by atoms with Gasteiger partial charge in [-0.1, -0.05) is 0 Å². The van der Waals surface area contributed by atoms with E-state index in [0.717, 1.165) is 6.07 Å². The fraction of sp³-hybridized carbons (Fsp3) is 0.182. The molecule has 0 unspecified atom stereocenters. The van der Waals surface area contributed by atoms with Crippen LogP contribution in [0, 0.1) is 18.6 Å². The maximum absolute atomic E-state index is 13.5. The van der Waals surface area contributed by atoms with Gasteiger partial charge in [0, 0.05) is 18.2 Å². The molecule has 2 rings (SSSR count). The van der Waals surface area contributed by atoms with Gasteiger partial charge in [-0.15, -0.1) is 0 Å². The number of hydrogen-bond acceptors (Lipinski definition) is 2. The molecule has 1 aromatic carbocycles. The molecule has 5 heteroatoms. The number of nitrogens with two attached hydrogens (primary N) is 1. The van der Waals surface area contributed by atoms with Gasteiger partial charge in [0.15, 0.2) is 0 Å². The Labute approximate surface area is 91.3 Å². The summed E-state index contributed by atoms with van der Waals surface area (Å²) in [4.78, 5) is 7.08. The number of aryl methyl sites for hydroxylation is 1. The highest BCUT2D eigenvalue weighted by atomic mass is 19.1. The van der Waals surface area contributed by atoms with Crippen LogP contribution in [0.25, 0.3) is 11.3 Å². The topological polar surface area (TPSA) is 54.7 Å². The first-order chi connectivity index (χ1) is 7.61. The fourth-order valence-electron chi connectivity index (χ4n) is 1.59. The molecule has 0 fully saturated rings. The summed E-state index contributed by atoms with van der Waals surface area (Å²) < 4.78 is 26.3. The van der Waals surface area contributed by atoms with Crippen LogP contribution in [0.3, 0.4) is 0 Å². The largest absolute Gasteiger partial charge is 0.345 e. The maximum atomic E-state index is 13.5. The Kier molecular flexibility index (Phi) is 2.70. The minimum Gasteiger partial charge on any atom is -0.345 e. The quantitative estimate of drug-likeness (QED) is 0.819. The highest BCUT2D eigenvalue weighted by molar-refractivity contribution is 5.62. The Morgan fingerprint density at radius 1 is 1.38 bits per heavy atom. The van der Waals surface area contributed by atoms with Crippen molar-refractivity contribution in [2.45, 2.75) is 13.5 Å². The van der Waals surface area contributed by atoms with E-state index >= 15 is 0 Å². The number of aromatic amines is 1. The summed E-state index contributed by atoms with van der Waals surface area (Å²) in [6, 6.07) is 3.39. The summed E-state index contributed by atoms with van der Waals surface area (Å²) in [6.07, 6.45) is 0. The molecule has 1 aromatic heterocycles. The minimum absolute atomic E-state index is 0.229. The molecule has 0 saturated heterocycles. The third-order valence-electron chi connectivity index (χ3n) is 2.29. The van der Waals surface area contributed by atoms with Crippen molar-refractivity contribution in [1.29, 1.82) is 0 Å². The first-order valence-corrected chi connectivity index (χ1v) is 4.83. The van der Waals surface area contributed by atoms with Gasteiger partial charge in [-0.05, 0) is 19.1 Å². The summed E-state index contributed by atoms with van der Waals surface area (Å²) in [5, 5.41) is 0. The van der Waals surface area contributed by atoms with E-state index in [1.165, 1.54) is 12.1 Å². The molecule has 3 nitrogen and oxygen atoms in total. The second-order valence-electron chi connectivity index (χ2n) is 3.48. The molecule has 0 aliphatic heterocycles. The Hall–Kier alpha value is -1.75. The van der Waals surface area contributed by atoms with Crippen molar-refractivity contribution in [3.63, 3.8) is 0 Å². The standard InChI is InChI=1S/C11H11F2N3/c1-6-15-10(5-14)11(16-6)8-3-2-7(12)4-9(8)13/h2-4H,5,14H2,1H3,(H,15,16). The van der Waals surface area contributed by atoms with Gasteiger partial charge < -0.3 is 10.7 Å². The van der Waals surface area contributed by atoms with Crippen molar-refractivity contribution in [3.8, 4) is 11.3 Å². The van der Waals surface area contributed by atoms with Gasteiger partial charge in [-0.3, -0.25) is 0 Å². The van der Waals surface area contributed by atoms with Gasteiger partial charge >= 0.3 is 0 Å². The van der Waals surface area contributed by atoms with Crippen molar-refractivity contribution in [2.75, 3.05) is 0 Å². The van der Waals surface area contributed by atoms with E-state index in [-0.39, 0.29) is 12.1 Å². The van der Waals surface area contributed by atoms with Gasteiger partial charge in [0.2, 0.25) is 0 Å². The molecule has 0 bridgehead atoms. The number of halogens is 2. The maximum Gasteiger partial charge on any atom is 0.135 e. The molecule has 84 valence electrons. The van der Waals surface area contributed by atoms with Crippen molar-refractivity contribution >= 4 is 0 Å². The summed E-state index contributed by atoms with van der Waals surface area (Å²) >= 11 is 0. The van der Waals surface area contributed by atoms with E-state index < -0.39 is 11.6 Å². The number of H-pyrrole nitrogens is 1. The first kappa shape index (κ1) is 10.8. The minimum atomic E-state index is -0.638. The van der Waals surface area contributed by atoms with Crippen molar-refractivity contribution in [2.24, 2.45) is 5.73 Å². The summed E-state index contributed by atoms with van der Waals surface area (Å²) in [7, 11) is 0. The number of imidazole rings is 1. The molecule has 1 heterocycles. The molecule has 3 N–H and O–H groups in total. The van der Waals surface area contributed by atoms with Gasteiger partial charge in [-0.2, -0.15) is 0 Å². The number of benzene rings is 1. The molecule has 0 spiro atoms. The third-order valence-corrected chi connectivity index (χ3v) is 2.29. The second-order valence-corrected chi connectivity index (χ2v) is 3.48. The van der Waals surface area contributed by atoms with Crippen LogP contribution in [-0.2, 0) is 6.54 Å². The Bertz CT molecular complexity index is 520. The van der Waals surface area contributed by atoms with E-state index in [1.807, 2.05) is 0 Å². The van der Waals surface area contributed by atoms with Crippen LogP contribution in [-0.4, -0.2) is 9.97 Å². The lowest BCUT2D eigenvalue weighted by Crippen LogP contribution is -1.99. The van der Waals surface area contributed by atoms with E-state index in [9.17, 15) is 8.78 Å².